The lowest BCUT2D eigenvalue weighted by molar-refractivity contribution is -0.0170. The molecule has 1 aromatic heterocycles. The molecule has 2 aliphatic heterocycles. The van der Waals surface area contributed by atoms with E-state index in [0.29, 0.717) is 38.2 Å². The molecule has 3 heterocycles. The van der Waals surface area contributed by atoms with Crippen LogP contribution in [0.2, 0.25) is 0 Å². The Morgan fingerprint density at radius 1 is 1.24 bits per heavy atom. The van der Waals surface area contributed by atoms with Gasteiger partial charge >= 0.3 is 18.2 Å². The van der Waals surface area contributed by atoms with E-state index in [1.807, 2.05) is 20.8 Å². The monoisotopic (exact) mass is 405 g/mol. The average Bonchev–Trinajstić information content (AvgIpc) is 2.95. The summed E-state index contributed by atoms with van der Waals surface area (Å²) in [6, 6.07) is 5.01. The third-order valence-electron chi connectivity index (χ3n) is 4.92. The molecule has 0 radical (unpaired) electrons. The van der Waals surface area contributed by atoms with Crippen molar-refractivity contribution in [3.8, 4) is 0 Å². The Morgan fingerprint density at radius 3 is 2.55 bits per heavy atom. The zero-order valence-electron chi connectivity index (χ0n) is 17.3. The minimum Gasteiger partial charge on any atom is -0.464 e. The number of hydrogen-bond acceptors (Lipinski definition) is 7. The standard InChI is InChI=1S/C20H27N3O6/c1-19(2,3)28-17(25)22-10-8-20(9-11-22)13-23(18(26)29-20)12-14-6-5-7-15(21-14)16(24)27-4/h5-7H,8-13H2,1-4H3. The number of aromatic nitrogens is 1. The maximum atomic E-state index is 12.4. The van der Waals surface area contributed by atoms with E-state index in [1.165, 1.54) is 7.11 Å². The van der Waals surface area contributed by atoms with Crippen LogP contribution in [0.5, 0.6) is 0 Å². The molecule has 0 atom stereocenters. The van der Waals surface area contributed by atoms with Gasteiger partial charge in [0.05, 0.1) is 25.9 Å². The number of nitrogens with zero attached hydrogens (tertiary/aromatic N) is 3. The molecule has 2 aliphatic rings. The third-order valence-corrected chi connectivity index (χ3v) is 4.92. The Labute approximate surface area is 169 Å². The van der Waals surface area contributed by atoms with Crippen molar-refractivity contribution in [1.82, 2.24) is 14.8 Å². The number of hydrogen-bond donors (Lipinski definition) is 0. The minimum absolute atomic E-state index is 0.193. The highest BCUT2D eigenvalue weighted by atomic mass is 16.6. The van der Waals surface area contributed by atoms with Gasteiger partial charge in [-0.2, -0.15) is 0 Å². The number of pyridine rings is 1. The van der Waals surface area contributed by atoms with E-state index in [4.69, 9.17) is 9.47 Å². The highest BCUT2D eigenvalue weighted by Gasteiger charge is 2.48. The van der Waals surface area contributed by atoms with Gasteiger partial charge in [0.1, 0.15) is 16.9 Å². The molecule has 9 nitrogen and oxygen atoms in total. The van der Waals surface area contributed by atoms with Crippen LogP contribution >= 0.6 is 0 Å². The number of amides is 2. The molecule has 3 rings (SSSR count). The second-order valence-electron chi connectivity index (χ2n) is 8.38. The Bertz CT molecular complexity index is 796. The number of methoxy groups -OCH3 is 1. The van der Waals surface area contributed by atoms with E-state index in [9.17, 15) is 14.4 Å². The molecule has 2 fully saturated rings. The lowest BCUT2D eigenvalue weighted by Crippen LogP contribution is -2.49. The average molecular weight is 405 g/mol. The first-order valence-corrected chi connectivity index (χ1v) is 9.61. The summed E-state index contributed by atoms with van der Waals surface area (Å²) < 4.78 is 15.8. The third kappa shape index (κ3) is 4.96. The minimum atomic E-state index is -0.616. The summed E-state index contributed by atoms with van der Waals surface area (Å²) >= 11 is 0. The number of esters is 1. The number of rotatable bonds is 3. The lowest BCUT2D eigenvalue weighted by atomic mass is 9.91. The van der Waals surface area contributed by atoms with E-state index >= 15 is 0 Å². The van der Waals surface area contributed by atoms with E-state index in [1.54, 1.807) is 28.0 Å². The van der Waals surface area contributed by atoms with Gasteiger partial charge in [-0.15, -0.1) is 0 Å². The molecule has 2 amide bonds. The van der Waals surface area contributed by atoms with Crippen molar-refractivity contribution in [2.45, 2.75) is 51.4 Å². The first-order valence-electron chi connectivity index (χ1n) is 9.61. The fourth-order valence-electron chi connectivity index (χ4n) is 3.48. The fraction of sp³-hybridized carbons (Fsp3) is 0.600. The zero-order valence-corrected chi connectivity index (χ0v) is 17.3. The van der Waals surface area contributed by atoms with Crippen molar-refractivity contribution in [2.75, 3.05) is 26.7 Å². The van der Waals surface area contributed by atoms with Crippen LogP contribution in [0.15, 0.2) is 18.2 Å². The van der Waals surface area contributed by atoms with Crippen LogP contribution in [-0.4, -0.2) is 70.9 Å². The SMILES string of the molecule is COC(=O)c1cccc(CN2CC3(CCN(C(=O)OC(C)(C)C)CC3)OC2=O)n1. The summed E-state index contributed by atoms with van der Waals surface area (Å²) in [6.07, 6.45) is 0.326. The van der Waals surface area contributed by atoms with E-state index in [0.717, 1.165) is 0 Å². The molecule has 0 N–H and O–H groups in total. The second-order valence-corrected chi connectivity index (χ2v) is 8.38. The Balaban J connectivity index is 1.60. The van der Waals surface area contributed by atoms with Crippen molar-refractivity contribution in [2.24, 2.45) is 0 Å². The molecule has 0 bridgehead atoms. The highest BCUT2D eigenvalue weighted by molar-refractivity contribution is 5.87. The molecular formula is C20H27N3O6. The van der Waals surface area contributed by atoms with Crippen molar-refractivity contribution in [1.29, 1.82) is 0 Å². The molecule has 2 saturated heterocycles. The first-order chi connectivity index (χ1) is 13.6. The smallest absolute Gasteiger partial charge is 0.410 e. The summed E-state index contributed by atoms with van der Waals surface area (Å²) in [4.78, 5) is 43.8. The molecule has 29 heavy (non-hydrogen) atoms. The van der Waals surface area contributed by atoms with Gasteiger partial charge in [-0.05, 0) is 32.9 Å². The van der Waals surface area contributed by atoms with Crippen molar-refractivity contribution in [3.63, 3.8) is 0 Å². The summed E-state index contributed by atoms with van der Waals surface area (Å²) in [5.74, 6) is -0.526. The molecule has 1 aromatic rings. The van der Waals surface area contributed by atoms with Gasteiger partial charge in [0.25, 0.3) is 0 Å². The summed E-state index contributed by atoms with van der Waals surface area (Å²) in [5, 5.41) is 0. The predicted octanol–water partition coefficient (Wildman–Crippen LogP) is 2.59. The first kappa shape index (κ1) is 20.9. The maximum Gasteiger partial charge on any atom is 0.410 e. The molecule has 0 unspecified atom stereocenters. The maximum absolute atomic E-state index is 12.4. The number of piperidine rings is 1. The summed E-state index contributed by atoms with van der Waals surface area (Å²) in [7, 11) is 1.29. The second kappa shape index (κ2) is 7.88. The fourth-order valence-corrected chi connectivity index (χ4v) is 3.48. The van der Waals surface area contributed by atoms with Gasteiger partial charge in [-0.1, -0.05) is 6.07 Å². The van der Waals surface area contributed by atoms with Crippen LogP contribution in [-0.2, 0) is 20.8 Å². The van der Waals surface area contributed by atoms with Crippen molar-refractivity contribution >= 4 is 18.2 Å². The number of carbonyl (C=O) groups excluding carboxylic acids is 3. The molecule has 0 aromatic carbocycles. The normalized spacial score (nSPS) is 18.6. The quantitative estimate of drug-likeness (QED) is 0.563. The summed E-state index contributed by atoms with van der Waals surface area (Å²) in [6.45, 7) is 7.07. The van der Waals surface area contributed by atoms with Gasteiger partial charge in [0.2, 0.25) is 0 Å². The highest BCUT2D eigenvalue weighted by Crippen LogP contribution is 2.34. The van der Waals surface area contributed by atoms with Crippen LogP contribution in [0.25, 0.3) is 0 Å². The van der Waals surface area contributed by atoms with Gasteiger partial charge in [0.15, 0.2) is 0 Å². The topological polar surface area (TPSA) is 98.3 Å². The largest absolute Gasteiger partial charge is 0.464 e. The Hall–Kier alpha value is -2.84. The predicted molar refractivity (Wildman–Crippen MR) is 102 cm³/mol. The van der Waals surface area contributed by atoms with Gasteiger partial charge < -0.3 is 19.1 Å². The molecule has 158 valence electrons. The number of likely N-dealkylation sites (tertiary alicyclic amines) is 1. The zero-order chi connectivity index (χ0) is 21.2. The molecule has 1 spiro atoms. The number of carbonyl (C=O) groups is 3. The van der Waals surface area contributed by atoms with Gasteiger partial charge in [-0.25, -0.2) is 19.4 Å². The van der Waals surface area contributed by atoms with Crippen molar-refractivity contribution < 1.29 is 28.6 Å². The van der Waals surface area contributed by atoms with Crippen LogP contribution in [0.1, 0.15) is 49.8 Å². The van der Waals surface area contributed by atoms with Crippen LogP contribution < -0.4 is 0 Å². The van der Waals surface area contributed by atoms with E-state index in [2.05, 4.69) is 9.72 Å². The Kier molecular flexibility index (Phi) is 5.68. The molecule has 0 aliphatic carbocycles. The van der Waals surface area contributed by atoms with Crippen LogP contribution in [0, 0.1) is 0 Å². The van der Waals surface area contributed by atoms with Gasteiger partial charge in [-0.3, -0.25) is 4.90 Å². The summed E-state index contributed by atoms with van der Waals surface area (Å²) in [5.41, 5.74) is -0.393. The van der Waals surface area contributed by atoms with Gasteiger partial charge in [0, 0.05) is 25.9 Å². The van der Waals surface area contributed by atoms with Crippen LogP contribution in [0.4, 0.5) is 9.59 Å². The molecular weight excluding hydrogens is 378 g/mol. The van der Waals surface area contributed by atoms with E-state index < -0.39 is 23.3 Å². The lowest BCUT2D eigenvalue weighted by Gasteiger charge is -2.37. The molecule has 9 heteroatoms. The van der Waals surface area contributed by atoms with Crippen molar-refractivity contribution in [3.05, 3.63) is 29.6 Å². The Morgan fingerprint density at radius 2 is 1.93 bits per heavy atom. The molecule has 0 saturated carbocycles. The van der Waals surface area contributed by atoms with Crippen LogP contribution in [0.3, 0.4) is 0 Å². The number of ether oxygens (including phenoxy) is 3. The van der Waals surface area contributed by atoms with E-state index in [-0.39, 0.29) is 18.3 Å².